The number of guanidine groups is 1. The van der Waals surface area contributed by atoms with Crippen LogP contribution in [0.4, 0.5) is 0 Å². The maximum absolute atomic E-state index is 4.91. The molecule has 2 heterocycles. The first-order valence-corrected chi connectivity index (χ1v) is 9.37. The van der Waals surface area contributed by atoms with E-state index in [9.17, 15) is 0 Å². The normalized spacial score (nSPS) is 16.2. The summed E-state index contributed by atoms with van der Waals surface area (Å²) in [6.07, 6.45) is 4.02. The molecular formula is C18H35IN6O. The standard InChI is InChI=1S/C18H34N6O.HI/c1-16(2)22(4)9-6-5-8-20-18(19-3)24-12-10-23(11-13-24)15-17-7-14-25-21-17;/h7,14,16H,5-6,8-13,15H2,1-4H3,(H,19,20);1H. The lowest BCUT2D eigenvalue weighted by atomic mass is 10.2. The zero-order chi connectivity index (χ0) is 18.1. The number of hydrogen-bond acceptors (Lipinski definition) is 5. The third-order valence-corrected chi connectivity index (χ3v) is 4.86. The van der Waals surface area contributed by atoms with Gasteiger partial charge in [-0.3, -0.25) is 9.89 Å². The van der Waals surface area contributed by atoms with Gasteiger partial charge in [0.1, 0.15) is 6.26 Å². The van der Waals surface area contributed by atoms with Gasteiger partial charge in [-0.2, -0.15) is 0 Å². The molecule has 0 amide bonds. The minimum atomic E-state index is 0. The summed E-state index contributed by atoms with van der Waals surface area (Å²) >= 11 is 0. The first-order chi connectivity index (χ1) is 12.1. The number of aromatic nitrogens is 1. The maximum Gasteiger partial charge on any atom is 0.193 e. The van der Waals surface area contributed by atoms with Gasteiger partial charge in [0.15, 0.2) is 5.96 Å². The van der Waals surface area contributed by atoms with Gasteiger partial charge in [0.25, 0.3) is 0 Å². The van der Waals surface area contributed by atoms with E-state index in [2.05, 4.69) is 51.1 Å². The molecule has 0 aliphatic carbocycles. The predicted molar refractivity (Wildman–Crippen MR) is 117 cm³/mol. The first kappa shape index (κ1) is 23.2. The summed E-state index contributed by atoms with van der Waals surface area (Å²) < 4.78 is 4.91. The number of halogens is 1. The van der Waals surface area contributed by atoms with Crippen molar-refractivity contribution in [3.63, 3.8) is 0 Å². The molecule has 0 spiro atoms. The van der Waals surface area contributed by atoms with E-state index >= 15 is 0 Å². The highest BCUT2D eigenvalue weighted by Gasteiger charge is 2.20. The molecule has 0 saturated carbocycles. The molecule has 0 unspecified atom stereocenters. The minimum absolute atomic E-state index is 0. The molecule has 0 radical (unpaired) electrons. The molecule has 0 atom stereocenters. The molecular weight excluding hydrogens is 443 g/mol. The number of rotatable bonds is 8. The molecule has 8 heteroatoms. The fraction of sp³-hybridized carbons (Fsp3) is 0.778. The molecule has 1 saturated heterocycles. The molecule has 1 aliphatic rings. The van der Waals surface area contributed by atoms with Crippen molar-refractivity contribution in [1.82, 2.24) is 25.2 Å². The molecule has 7 nitrogen and oxygen atoms in total. The molecule has 1 N–H and O–H groups in total. The molecule has 150 valence electrons. The van der Waals surface area contributed by atoms with Crippen molar-refractivity contribution in [2.75, 3.05) is 53.4 Å². The average molecular weight is 478 g/mol. The lowest BCUT2D eigenvalue weighted by Crippen LogP contribution is -2.52. The van der Waals surface area contributed by atoms with Crippen molar-refractivity contribution >= 4 is 29.9 Å². The molecule has 1 aliphatic heterocycles. The van der Waals surface area contributed by atoms with Crippen LogP contribution in [0.5, 0.6) is 0 Å². The van der Waals surface area contributed by atoms with Crippen molar-refractivity contribution in [2.45, 2.75) is 39.3 Å². The Kier molecular flexibility index (Phi) is 11.1. The van der Waals surface area contributed by atoms with Crippen LogP contribution in [0.3, 0.4) is 0 Å². The monoisotopic (exact) mass is 478 g/mol. The minimum Gasteiger partial charge on any atom is -0.364 e. The van der Waals surface area contributed by atoms with Crippen LogP contribution in [0, 0.1) is 0 Å². The highest BCUT2D eigenvalue weighted by atomic mass is 127. The van der Waals surface area contributed by atoms with E-state index in [1.54, 1.807) is 6.26 Å². The number of nitrogens with one attached hydrogen (secondary N) is 1. The second-order valence-electron chi connectivity index (χ2n) is 7.01. The van der Waals surface area contributed by atoms with Crippen molar-refractivity contribution in [1.29, 1.82) is 0 Å². The van der Waals surface area contributed by atoms with E-state index in [-0.39, 0.29) is 24.0 Å². The first-order valence-electron chi connectivity index (χ1n) is 9.37. The lowest BCUT2D eigenvalue weighted by Gasteiger charge is -2.36. The van der Waals surface area contributed by atoms with Crippen LogP contribution in [-0.4, -0.2) is 85.2 Å². The second kappa shape index (κ2) is 12.5. The molecule has 26 heavy (non-hydrogen) atoms. The third kappa shape index (κ3) is 7.79. The molecule has 2 rings (SSSR count). The van der Waals surface area contributed by atoms with Crippen molar-refractivity contribution < 1.29 is 4.52 Å². The number of hydrogen-bond donors (Lipinski definition) is 1. The van der Waals surface area contributed by atoms with Gasteiger partial charge in [-0.15, -0.1) is 24.0 Å². The van der Waals surface area contributed by atoms with E-state index in [0.29, 0.717) is 6.04 Å². The van der Waals surface area contributed by atoms with E-state index < -0.39 is 0 Å². The van der Waals surface area contributed by atoms with Gasteiger partial charge in [-0.25, -0.2) is 0 Å². The molecule has 1 aromatic heterocycles. The van der Waals surface area contributed by atoms with Crippen LogP contribution in [-0.2, 0) is 6.54 Å². The van der Waals surface area contributed by atoms with Gasteiger partial charge in [0.2, 0.25) is 0 Å². The number of nitrogens with zero attached hydrogens (tertiary/aromatic N) is 5. The summed E-state index contributed by atoms with van der Waals surface area (Å²) in [5.74, 6) is 1.03. The highest BCUT2D eigenvalue weighted by molar-refractivity contribution is 14.0. The Labute approximate surface area is 175 Å². The summed E-state index contributed by atoms with van der Waals surface area (Å²) in [6.45, 7) is 11.5. The van der Waals surface area contributed by atoms with E-state index in [1.165, 1.54) is 12.8 Å². The van der Waals surface area contributed by atoms with Crippen molar-refractivity contribution in [3.8, 4) is 0 Å². The van der Waals surface area contributed by atoms with Crippen LogP contribution in [0.25, 0.3) is 0 Å². The van der Waals surface area contributed by atoms with Gasteiger partial charge < -0.3 is 19.6 Å². The SMILES string of the molecule is CN=C(NCCCCN(C)C(C)C)N1CCN(Cc2ccon2)CC1.I. The van der Waals surface area contributed by atoms with Crippen molar-refractivity contribution in [3.05, 3.63) is 18.0 Å². The fourth-order valence-corrected chi connectivity index (χ4v) is 2.94. The highest BCUT2D eigenvalue weighted by Crippen LogP contribution is 2.07. The smallest absolute Gasteiger partial charge is 0.193 e. The van der Waals surface area contributed by atoms with Crippen molar-refractivity contribution in [2.24, 2.45) is 4.99 Å². The van der Waals surface area contributed by atoms with Crippen LogP contribution in [0.2, 0.25) is 0 Å². The predicted octanol–water partition coefficient (Wildman–Crippen LogP) is 2.11. The molecule has 1 aromatic rings. The number of unbranched alkanes of at least 4 members (excludes halogenated alkanes) is 1. The zero-order valence-corrected chi connectivity index (χ0v) is 19.0. The Morgan fingerprint density at radius 2 is 2.04 bits per heavy atom. The van der Waals surface area contributed by atoms with Gasteiger partial charge in [0, 0.05) is 58.4 Å². The van der Waals surface area contributed by atoms with Crippen LogP contribution in [0.1, 0.15) is 32.4 Å². The number of piperazine rings is 1. The van der Waals surface area contributed by atoms with Gasteiger partial charge in [0.05, 0.1) is 5.69 Å². The number of aliphatic imine (C=N–C) groups is 1. The van der Waals surface area contributed by atoms with Gasteiger partial charge >= 0.3 is 0 Å². The second-order valence-corrected chi connectivity index (χ2v) is 7.01. The van der Waals surface area contributed by atoms with Crippen LogP contribution >= 0.6 is 24.0 Å². The molecule has 0 bridgehead atoms. The Balaban J connectivity index is 0.00000338. The summed E-state index contributed by atoms with van der Waals surface area (Å²) in [6, 6.07) is 2.55. The Bertz CT molecular complexity index is 500. The molecule has 0 aromatic carbocycles. The van der Waals surface area contributed by atoms with E-state index in [0.717, 1.165) is 57.5 Å². The van der Waals surface area contributed by atoms with Crippen LogP contribution < -0.4 is 5.32 Å². The quantitative estimate of drug-likeness (QED) is 0.267. The lowest BCUT2D eigenvalue weighted by molar-refractivity contribution is 0.169. The largest absolute Gasteiger partial charge is 0.364 e. The maximum atomic E-state index is 4.91. The summed E-state index contributed by atoms with van der Waals surface area (Å²) in [4.78, 5) is 11.6. The van der Waals surface area contributed by atoms with Crippen LogP contribution in [0.15, 0.2) is 21.8 Å². The van der Waals surface area contributed by atoms with E-state index in [1.807, 2.05) is 13.1 Å². The topological polar surface area (TPSA) is 60.1 Å². The average Bonchev–Trinajstić information content (AvgIpc) is 3.12. The summed E-state index contributed by atoms with van der Waals surface area (Å²) in [5.41, 5.74) is 1.00. The molecule has 1 fully saturated rings. The Morgan fingerprint density at radius 1 is 1.31 bits per heavy atom. The summed E-state index contributed by atoms with van der Waals surface area (Å²) in [7, 11) is 4.06. The van der Waals surface area contributed by atoms with E-state index in [4.69, 9.17) is 4.52 Å². The zero-order valence-electron chi connectivity index (χ0n) is 16.6. The summed E-state index contributed by atoms with van der Waals surface area (Å²) in [5, 5.41) is 7.51. The third-order valence-electron chi connectivity index (χ3n) is 4.86. The van der Waals surface area contributed by atoms with Gasteiger partial charge in [-0.05, 0) is 40.3 Å². The Morgan fingerprint density at radius 3 is 2.62 bits per heavy atom. The fourth-order valence-electron chi connectivity index (χ4n) is 2.94. The Hall–Kier alpha value is -0.870. The van der Waals surface area contributed by atoms with Gasteiger partial charge in [-0.1, -0.05) is 5.16 Å².